The third-order valence-corrected chi connectivity index (χ3v) is 4.00. The molecule has 0 aliphatic rings. The van der Waals surface area contributed by atoms with Gasteiger partial charge in [0.25, 0.3) is 11.8 Å². The van der Waals surface area contributed by atoms with Gasteiger partial charge in [-0.15, -0.1) is 5.10 Å². The van der Waals surface area contributed by atoms with Gasteiger partial charge in [-0.3, -0.25) is 9.59 Å². The van der Waals surface area contributed by atoms with Gasteiger partial charge in [0.2, 0.25) is 0 Å². The molecule has 0 saturated heterocycles. The Hall–Kier alpha value is -3.75. The number of aromatic nitrogens is 4. The molecule has 0 spiro atoms. The molecule has 3 aromatic rings. The zero-order chi connectivity index (χ0) is 19.9. The van der Waals surface area contributed by atoms with E-state index >= 15 is 0 Å². The summed E-state index contributed by atoms with van der Waals surface area (Å²) in [6, 6.07) is 13.5. The third-order valence-electron chi connectivity index (χ3n) is 4.00. The predicted octanol–water partition coefficient (Wildman–Crippen LogP) is 1.88. The van der Waals surface area contributed by atoms with Crippen LogP contribution in [-0.2, 0) is 13.2 Å². The molecule has 1 heterocycles. The van der Waals surface area contributed by atoms with Crippen molar-refractivity contribution in [2.24, 2.45) is 0 Å². The van der Waals surface area contributed by atoms with E-state index in [-0.39, 0.29) is 18.4 Å². The summed E-state index contributed by atoms with van der Waals surface area (Å²) in [5, 5.41) is 16.7. The SMILES string of the molecule is CCn1nnnc1COc1ccc(C(=O)Nc2cccc(C(=O)NC)c2)cc1. The summed E-state index contributed by atoms with van der Waals surface area (Å²) in [6.45, 7) is 2.84. The zero-order valence-electron chi connectivity index (χ0n) is 15.5. The van der Waals surface area contributed by atoms with Gasteiger partial charge in [-0.25, -0.2) is 4.68 Å². The highest BCUT2D eigenvalue weighted by Crippen LogP contribution is 2.16. The minimum atomic E-state index is -0.282. The normalized spacial score (nSPS) is 10.4. The van der Waals surface area contributed by atoms with E-state index in [1.165, 1.54) is 0 Å². The second-order valence-electron chi connectivity index (χ2n) is 5.84. The van der Waals surface area contributed by atoms with E-state index in [1.807, 2.05) is 6.92 Å². The van der Waals surface area contributed by atoms with E-state index in [0.717, 1.165) is 0 Å². The van der Waals surface area contributed by atoms with Gasteiger partial charge in [-0.2, -0.15) is 0 Å². The molecule has 9 heteroatoms. The molecule has 2 aromatic carbocycles. The molecule has 0 radical (unpaired) electrons. The Bertz CT molecular complexity index is 968. The van der Waals surface area contributed by atoms with Crippen LogP contribution in [0, 0.1) is 0 Å². The molecule has 144 valence electrons. The van der Waals surface area contributed by atoms with E-state index in [9.17, 15) is 9.59 Å². The van der Waals surface area contributed by atoms with Gasteiger partial charge >= 0.3 is 0 Å². The van der Waals surface area contributed by atoms with Crippen LogP contribution in [0.15, 0.2) is 48.5 Å². The van der Waals surface area contributed by atoms with Crippen molar-refractivity contribution in [3.05, 3.63) is 65.5 Å². The first-order valence-electron chi connectivity index (χ1n) is 8.72. The number of tetrazole rings is 1. The first-order valence-corrected chi connectivity index (χ1v) is 8.72. The van der Waals surface area contributed by atoms with Crippen molar-refractivity contribution in [1.29, 1.82) is 0 Å². The summed E-state index contributed by atoms with van der Waals surface area (Å²) in [5.41, 5.74) is 1.48. The third kappa shape index (κ3) is 4.50. The number of benzene rings is 2. The van der Waals surface area contributed by atoms with Crippen LogP contribution in [0.25, 0.3) is 0 Å². The van der Waals surface area contributed by atoms with Crippen LogP contribution in [0.5, 0.6) is 5.75 Å². The monoisotopic (exact) mass is 380 g/mol. The van der Waals surface area contributed by atoms with Crippen LogP contribution in [-0.4, -0.2) is 39.1 Å². The Kier molecular flexibility index (Phi) is 5.95. The topological polar surface area (TPSA) is 111 Å². The van der Waals surface area contributed by atoms with E-state index in [1.54, 1.807) is 60.3 Å². The van der Waals surface area contributed by atoms with Crippen LogP contribution >= 0.6 is 0 Å². The van der Waals surface area contributed by atoms with Crippen LogP contribution in [0.3, 0.4) is 0 Å². The lowest BCUT2D eigenvalue weighted by Crippen LogP contribution is -2.18. The number of nitrogens with zero attached hydrogens (tertiary/aromatic N) is 4. The van der Waals surface area contributed by atoms with Crippen LogP contribution in [0.4, 0.5) is 5.69 Å². The largest absolute Gasteiger partial charge is 0.486 e. The molecule has 28 heavy (non-hydrogen) atoms. The smallest absolute Gasteiger partial charge is 0.255 e. The molecule has 0 atom stereocenters. The number of aryl methyl sites for hydroxylation is 1. The molecule has 0 aliphatic carbocycles. The molecule has 9 nitrogen and oxygen atoms in total. The maximum absolute atomic E-state index is 12.4. The molecule has 0 unspecified atom stereocenters. The lowest BCUT2D eigenvalue weighted by molar-refractivity contribution is 0.0961. The van der Waals surface area contributed by atoms with Crippen LogP contribution < -0.4 is 15.4 Å². The van der Waals surface area contributed by atoms with Gasteiger partial charge < -0.3 is 15.4 Å². The second kappa shape index (κ2) is 8.76. The molecule has 3 rings (SSSR count). The van der Waals surface area contributed by atoms with Crippen molar-refractivity contribution in [3.63, 3.8) is 0 Å². The Balaban J connectivity index is 1.61. The highest BCUT2D eigenvalue weighted by Gasteiger charge is 2.10. The minimum Gasteiger partial charge on any atom is -0.486 e. The fraction of sp³-hybridized carbons (Fsp3) is 0.211. The number of carbonyl (C=O) groups excluding carboxylic acids is 2. The number of amides is 2. The maximum atomic E-state index is 12.4. The van der Waals surface area contributed by atoms with Crippen molar-refractivity contribution in [1.82, 2.24) is 25.5 Å². The number of rotatable bonds is 7. The van der Waals surface area contributed by atoms with Gasteiger partial charge in [0, 0.05) is 30.4 Å². The van der Waals surface area contributed by atoms with Gasteiger partial charge in [0.05, 0.1) is 0 Å². The summed E-state index contributed by atoms with van der Waals surface area (Å²) in [4.78, 5) is 24.1. The first kappa shape index (κ1) is 19.0. The van der Waals surface area contributed by atoms with Crippen LogP contribution in [0.2, 0.25) is 0 Å². The van der Waals surface area contributed by atoms with Crippen molar-refractivity contribution in [2.75, 3.05) is 12.4 Å². The average molecular weight is 380 g/mol. The van der Waals surface area contributed by atoms with Crippen molar-refractivity contribution in [3.8, 4) is 5.75 Å². The number of nitrogens with one attached hydrogen (secondary N) is 2. The van der Waals surface area contributed by atoms with E-state index in [4.69, 9.17) is 4.74 Å². The minimum absolute atomic E-state index is 0.216. The summed E-state index contributed by atoms with van der Waals surface area (Å²) < 4.78 is 7.31. The standard InChI is InChI=1S/C19H20N6O3/c1-3-25-17(22-23-24-25)12-28-16-9-7-13(8-10-16)19(27)21-15-6-4-5-14(11-15)18(26)20-2/h4-11H,3,12H2,1-2H3,(H,20,26)(H,21,27). The number of carbonyl (C=O) groups is 2. The quantitative estimate of drug-likeness (QED) is 0.647. The molecule has 0 saturated carbocycles. The lowest BCUT2D eigenvalue weighted by atomic mass is 10.1. The van der Waals surface area contributed by atoms with E-state index in [2.05, 4.69) is 26.2 Å². The number of hydrogen-bond donors (Lipinski definition) is 2. The highest BCUT2D eigenvalue weighted by molar-refractivity contribution is 6.05. The fourth-order valence-electron chi connectivity index (χ4n) is 2.51. The van der Waals surface area contributed by atoms with E-state index in [0.29, 0.717) is 34.9 Å². The molecule has 0 aliphatic heterocycles. The van der Waals surface area contributed by atoms with Gasteiger partial charge in [0.15, 0.2) is 5.82 Å². The Morgan fingerprint density at radius 2 is 1.86 bits per heavy atom. The molecule has 0 fully saturated rings. The Morgan fingerprint density at radius 3 is 2.57 bits per heavy atom. The molecular formula is C19H20N6O3. The molecule has 0 bridgehead atoms. The Labute approximate surface area is 161 Å². The van der Waals surface area contributed by atoms with Crippen molar-refractivity contribution < 1.29 is 14.3 Å². The van der Waals surface area contributed by atoms with Crippen LogP contribution in [0.1, 0.15) is 33.5 Å². The van der Waals surface area contributed by atoms with E-state index < -0.39 is 0 Å². The number of ether oxygens (including phenoxy) is 1. The lowest BCUT2D eigenvalue weighted by Gasteiger charge is -2.09. The number of hydrogen-bond acceptors (Lipinski definition) is 6. The summed E-state index contributed by atoms with van der Waals surface area (Å²) >= 11 is 0. The second-order valence-corrected chi connectivity index (χ2v) is 5.84. The molecule has 2 amide bonds. The van der Waals surface area contributed by atoms with Crippen molar-refractivity contribution in [2.45, 2.75) is 20.1 Å². The molecule has 1 aromatic heterocycles. The zero-order valence-corrected chi connectivity index (χ0v) is 15.5. The highest BCUT2D eigenvalue weighted by atomic mass is 16.5. The summed E-state index contributed by atoms with van der Waals surface area (Å²) in [7, 11) is 1.56. The fourth-order valence-corrected chi connectivity index (χ4v) is 2.51. The maximum Gasteiger partial charge on any atom is 0.255 e. The van der Waals surface area contributed by atoms with Crippen molar-refractivity contribution >= 4 is 17.5 Å². The molecular weight excluding hydrogens is 360 g/mol. The number of anilines is 1. The molecule has 2 N–H and O–H groups in total. The Morgan fingerprint density at radius 1 is 1.07 bits per heavy atom. The summed E-state index contributed by atoms with van der Waals surface area (Å²) in [6.07, 6.45) is 0. The summed E-state index contributed by atoms with van der Waals surface area (Å²) in [5.74, 6) is 0.728. The average Bonchev–Trinajstić information content (AvgIpc) is 3.19. The first-order chi connectivity index (χ1) is 13.6. The van der Waals surface area contributed by atoms with Gasteiger partial charge in [0.1, 0.15) is 12.4 Å². The van der Waals surface area contributed by atoms with Gasteiger partial charge in [-0.1, -0.05) is 6.07 Å². The predicted molar refractivity (Wildman–Crippen MR) is 102 cm³/mol. The van der Waals surface area contributed by atoms with Gasteiger partial charge in [-0.05, 0) is 59.8 Å².